The smallest absolute Gasteiger partial charge is 0.427 e. The first-order valence-corrected chi connectivity index (χ1v) is 8.63. The van der Waals surface area contributed by atoms with Crippen LogP contribution in [0, 0.1) is 5.82 Å². The largest absolute Gasteiger partial charge is 0.460 e. The van der Waals surface area contributed by atoms with Crippen LogP contribution in [0.3, 0.4) is 0 Å². The molecule has 0 unspecified atom stereocenters. The van der Waals surface area contributed by atoms with E-state index < -0.39 is 23.5 Å². The molecule has 0 bridgehead atoms. The van der Waals surface area contributed by atoms with Crippen LogP contribution in [0.1, 0.15) is 13.8 Å². The number of halogens is 4. The molecule has 5 nitrogen and oxygen atoms in total. The first-order chi connectivity index (χ1) is 12.1. The van der Waals surface area contributed by atoms with Crippen molar-refractivity contribution >= 4 is 17.3 Å². The van der Waals surface area contributed by atoms with Crippen LogP contribution in [0.15, 0.2) is 36.0 Å². The van der Waals surface area contributed by atoms with Gasteiger partial charge in [-0.15, -0.1) is 0 Å². The minimum absolute atomic E-state index is 0.318. The van der Waals surface area contributed by atoms with Gasteiger partial charge in [0.2, 0.25) is 0 Å². The number of fused-ring (bicyclic) bond motifs is 1. The van der Waals surface area contributed by atoms with Gasteiger partial charge >= 0.3 is 6.18 Å². The molecule has 3 heterocycles. The summed E-state index contributed by atoms with van der Waals surface area (Å²) >= 11 is 1.38. The molecule has 3 aromatic heterocycles. The summed E-state index contributed by atoms with van der Waals surface area (Å²) in [5.74, 6) is -1.72. The molecule has 26 heavy (non-hydrogen) atoms. The normalized spacial score (nSPS) is 12.6. The highest BCUT2D eigenvalue weighted by Crippen LogP contribution is 2.35. The zero-order chi connectivity index (χ0) is 19.1. The molecule has 0 saturated carbocycles. The van der Waals surface area contributed by atoms with Gasteiger partial charge in [-0.05, 0) is 32.2 Å². The summed E-state index contributed by atoms with van der Waals surface area (Å²) in [6, 6.07) is 2.73. The summed E-state index contributed by atoms with van der Waals surface area (Å²) < 4.78 is 59.5. The van der Waals surface area contributed by atoms with Gasteiger partial charge in [0.15, 0.2) is 16.6 Å². The van der Waals surface area contributed by atoms with Crippen molar-refractivity contribution in [2.24, 2.45) is 0 Å². The van der Waals surface area contributed by atoms with E-state index >= 15 is 0 Å². The molecule has 0 aliphatic rings. The summed E-state index contributed by atoms with van der Waals surface area (Å²) in [6.45, 7) is 1.61. The Labute approximate surface area is 150 Å². The van der Waals surface area contributed by atoms with Crippen molar-refractivity contribution in [1.29, 1.82) is 0 Å². The van der Waals surface area contributed by atoms with Gasteiger partial charge in [-0.3, -0.25) is 4.40 Å². The van der Waals surface area contributed by atoms with Crippen LogP contribution in [0.25, 0.3) is 16.8 Å². The molecule has 0 spiro atoms. The van der Waals surface area contributed by atoms with E-state index in [1.54, 1.807) is 23.0 Å². The van der Waals surface area contributed by atoms with Crippen molar-refractivity contribution in [3.8, 4) is 17.1 Å². The zero-order valence-electron chi connectivity index (χ0n) is 14.0. The SMILES string of the molecule is CSc1nc(-c2cnc(OC(C)(C)C(F)(F)F)c(F)c2)cc2cncn12. The molecule has 3 aromatic rings. The van der Waals surface area contributed by atoms with Crippen LogP contribution < -0.4 is 4.74 Å². The summed E-state index contributed by atoms with van der Waals surface area (Å²) in [4.78, 5) is 12.1. The number of aromatic nitrogens is 4. The Bertz CT molecular complexity index is 955. The average molecular weight is 386 g/mol. The third-order valence-corrected chi connectivity index (χ3v) is 4.35. The Kier molecular flexibility index (Phi) is 4.55. The molecule has 3 rings (SSSR count). The molecule has 0 saturated heterocycles. The third-order valence-electron chi connectivity index (χ3n) is 3.69. The molecular formula is C16H14F4N4OS. The van der Waals surface area contributed by atoms with Crippen molar-refractivity contribution in [3.05, 3.63) is 36.7 Å². The van der Waals surface area contributed by atoms with E-state index in [-0.39, 0.29) is 0 Å². The number of nitrogens with zero attached hydrogens (tertiary/aromatic N) is 4. The number of pyridine rings is 1. The minimum Gasteiger partial charge on any atom is -0.460 e. The summed E-state index contributed by atoms with van der Waals surface area (Å²) in [6.07, 6.45) is 1.62. The molecule has 0 atom stereocenters. The molecule has 0 N–H and O–H groups in total. The van der Waals surface area contributed by atoms with Gasteiger partial charge in [0.05, 0.1) is 17.4 Å². The standard InChI is InChI=1S/C16H14F4N4OS/c1-15(2,16(18,19)20)25-13-11(17)4-9(6-22-13)12-5-10-7-21-8-24(10)14(23-12)26-3/h4-8H,1-3H3. The zero-order valence-corrected chi connectivity index (χ0v) is 14.8. The molecule has 138 valence electrons. The number of ether oxygens (including phenoxy) is 1. The lowest BCUT2D eigenvalue weighted by atomic mass is 10.1. The number of hydrogen-bond donors (Lipinski definition) is 0. The van der Waals surface area contributed by atoms with Crippen LogP contribution >= 0.6 is 11.8 Å². The lowest BCUT2D eigenvalue weighted by molar-refractivity contribution is -0.235. The summed E-state index contributed by atoms with van der Waals surface area (Å²) in [5.41, 5.74) is -1.07. The van der Waals surface area contributed by atoms with Gasteiger partial charge in [0, 0.05) is 11.8 Å². The maximum atomic E-state index is 14.3. The molecule has 0 aliphatic carbocycles. The molecular weight excluding hydrogens is 372 g/mol. The molecule has 0 aliphatic heterocycles. The first kappa shape index (κ1) is 18.4. The van der Waals surface area contributed by atoms with Crippen LogP contribution in [0.4, 0.5) is 17.6 Å². The molecule has 0 radical (unpaired) electrons. The Morgan fingerprint density at radius 1 is 1.15 bits per heavy atom. The quantitative estimate of drug-likeness (QED) is 0.379. The maximum absolute atomic E-state index is 14.3. The van der Waals surface area contributed by atoms with Gasteiger partial charge in [-0.25, -0.2) is 19.3 Å². The molecule has 0 aromatic carbocycles. The fourth-order valence-electron chi connectivity index (χ4n) is 2.13. The van der Waals surface area contributed by atoms with E-state index in [1.807, 2.05) is 6.26 Å². The lowest BCUT2D eigenvalue weighted by Crippen LogP contribution is -2.45. The number of hydrogen-bond acceptors (Lipinski definition) is 5. The van der Waals surface area contributed by atoms with E-state index in [0.29, 0.717) is 16.4 Å². The van der Waals surface area contributed by atoms with Crippen LogP contribution in [-0.2, 0) is 0 Å². The Hall–Kier alpha value is -2.36. The highest BCUT2D eigenvalue weighted by molar-refractivity contribution is 7.98. The van der Waals surface area contributed by atoms with Gasteiger partial charge in [0.1, 0.15) is 6.33 Å². The van der Waals surface area contributed by atoms with Gasteiger partial charge in [-0.2, -0.15) is 13.2 Å². The maximum Gasteiger partial charge on any atom is 0.427 e. The second-order valence-electron chi connectivity index (χ2n) is 5.94. The summed E-state index contributed by atoms with van der Waals surface area (Å²) in [5, 5.41) is 0.633. The third kappa shape index (κ3) is 3.33. The van der Waals surface area contributed by atoms with Crippen molar-refractivity contribution in [1.82, 2.24) is 19.4 Å². The van der Waals surface area contributed by atoms with E-state index in [4.69, 9.17) is 4.74 Å². The second-order valence-corrected chi connectivity index (χ2v) is 6.71. The topological polar surface area (TPSA) is 52.3 Å². The van der Waals surface area contributed by atoms with E-state index in [2.05, 4.69) is 15.0 Å². The van der Waals surface area contributed by atoms with Crippen LogP contribution in [-0.4, -0.2) is 37.4 Å². The first-order valence-electron chi connectivity index (χ1n) is 7.41. The van der Waals surface area contributed by atoms with Crippen molar-refractivity contribution in [2.75, 3.05) is 6.26 Å². The molecule has 10 heteroatoms. The minimum atomic E-state index is -4.67. The van der Waals surface area contributed by atoms with Gasteiger partial charge in [0.25, 0.3) is 5.88 Å². The number of alkyl halides is 3. The predicted molar refractivity (Wildman–Crippen MR) is 88.7 cm³/mol. The Balaban J connectivity index is 1.98. The lowest BCUT2D eigenvalue weighted by Gasteiger charge is -2.28. The number of thioether (sulfide) groups is 1. The highest BCUT2D eigenvalue weighted by atomic mass is 32.2. The molecule has 0 fully saturated rings. The van der Waals surface area contributed by atoms with Crippen molar-refractivity contribution in [3.63, 3.8) is 0 Å². The van der Waals surface area contributed by atoms with E-state index in [0.717, 1.165) is 25.4 Å². The van der Waals surface area contributed by atoms with E-state index in [1.165, 1.54) is 18.0 Å². The second kappa shape index (κ2) is 6.42. The fraction of sp³-hybridized carbons (Fsp3) is 0.312. The van der Waals surface area contributed by atoms with Gasteiger partial charge in [-0.1, -0.05) is 11.8 Å². The predicted octanol–water partition coefficient (Wildman–Crippen LogP) is 4.37. The van der Waals surface area contributed by atoms with Crippen LogP contribution in [0.5, 0.6) is 5.88 Å². The van der Waals surface area contributed by atoms with Crippen LogP contribution in [0.2, 0.25) is 0 Å². The monoisotopic (exact) mass is 386 g/mol. The number of imidazole rings is 1. The Morgan fingerprint density at radius 2 is 1.88 bits per heavy atom. The highest BCUT2D eigenvalue weighted by Gasteiger charge is 2.50. The van der Waals surface area contributed by atoms with E-state index in [9.17, 15) is 17.6 Å². The number of rotatable bonds is 4. The summed E-state index contributed by atoms with van der Waals surface area (Å²) in [7, 11) is 0. The fourth-order valence-corrected chi connectivity index (χ4v) is 2.67. The van der Waals surface area contributed by atoms with Crippen molar-refractivity contribution in [2.45, 2.75) is 30.8 Å². The average Bonchev–Trinajstić information content (AvgIpc) is 3.03. The molecule has 0 amide bonds. The Morgan fingerprint density at radius 3 is 2.50 bits per heavy atom. The van der Waals surface area contributed by atoms with Gasteiger partial charge < -0.3 is 4.74 Å². The van der Waals surface area contributed by atoms with Crippen molar-refractivity contribution < 1.29 is 22.3 Å².